The van der Waals surface area contributed by atoms with Crippen LogP contribution in [0.5, 0.6) is 0 Å². The summed E-state index contributed by atoms with van der Waals surface area (Å²) >= 11 is 3.81. The molecule has 2 rings (SSSR count). The van der Waals surface area contributed by atoms with Gasteiger partial charge < -0.3 is 5.32 Å². The smallest absolute Gasteiger partial charge is 0.251 e. The molecule has 1 aromatic carbocycles. The second-order valence-corrected chi connectivity index (χ2v) is 7.03. The van der Waals surface area contributed by atoms with Crippen LogP contribution in [0.2, 0.25) is 0 Å². The zero-order valence-electron chi connectivity index (χ0n) is 10.1. The molecule has 0 bridgehead atoms. The lowest BCUT2D eigenvalue weighted by Gasteiger charge is -2.05. The fourth-order valence-electron chi connectivity index (χ4n) is 1.57. The Morgan fingerprint density at radius 3 is 2.40 bits per heavy atom. The van der Waals surface area contributed by atoms with E-state index in [0.717, 1.165) is 7.76 Å². The van der Waals surface area contributed by atoms with Crippen molar-refractivity contribution in [1.82, 2.24) is 5.32 Å². The van der Waals surface area contributed by atoms with Crippen LogP contribution in [-0.2, 0) is 6.42 Å². The number of thiophene rings is 1. The first-order valence-electron chi connectivity index (χ1n) is 5.64. The van der Waals surface area contributed by atoms with E-state index in [4.69, 9.17) is 0 Å². The fourth-order valence-corrected chi connectivity index (χ4v) is 3.33. The first-order chi connectivity index (χ1) is 9.47. The molecule has 0 saturated carbocycles. The van der Waals surface area contributed by atoms with Crippen LogP contribution < -0.4 is 5.32 Å². The summed E-state index contributed by atoms with van der Waals surface area (Å²) in [6.07, 6.45) is 0.631. The van der Waals surface area contributed by atoms with Crippen molar-refractivity contribution in [2.45, 2.75) is 6.42 Å². The summed E-state index contributed by atoms with van der Waals surface area (Å²) in [6, 6.07) is 5.28. The van der Waals surface area contributed by atoms with E-state index in [0.29, 0.717) is 25.1 Å². The molecule has 0 aliphatic carbocycles. The minimum absolute atomic E-state index is 0.234. The standard InChI is InChI=1S/C13H9F3INOS/c14-9-5-7(6-10(15)12(9)16)13(19)18-4-3-8-1-2-11(17)20-8/h1-2,5-6H,3-4H2,(H,18,19). The average Bonchev–Trinajstić information content (AvgIpc) is 2.81. The molecule has 1 amide bonds. The van der Waals surface area contributed by atoms with Gasteiger partial charge in [-0.15, -0.1) is 11.3 Å². The predicted molar refractivity (Wildman–Crippen MR) is 79.4 cm³/mol. The molecule has 1 aromatic heterocycles. The highest BCUT2D eigenvalue weighted by Crippen LogP contribution is 2.18. The molecule has 2 nitrogen and oxygen atoms in total. The van der Waals surface area contributed by atoms with Gasteiger partial charge in [0.25, 0.3) is 5.91 Å². The molecule has 1 N–H and O–H groups in total. The third-order valence-electron chi connectivity index (χ3n) is 2.53. The highest BCUT2D eigenvalue weighted by molar-refractivity contribution is 14.1. The molecule has 0 atom stereocenters. The van der Waals surface area contributed by atoms with Crippen molar-refractivity contribution < 1.29 is 18.0 Å². The third kappa shape index (κ3) is 3.72. The molecule has 0 saturated heterocycles. The van der Waals surface area contributed by atoms with Crippen LogP contribution in [0.25, 0.3) is 0 Å². The Hall–Kier alpha value is -1.09. The van der Waals surface area contributed by atoms with Crippen molar-refractivity contribution in [2.75, 3.05) is 6.54 Å². The Bertz CT molecular complexity index is 621. The molecule has 0 aliphatic heterocycles. The SMILES string of the molecule is O=C(NCCc1ccc(I)s1)c1cc(F)c(F)c(F)c1. The summed E-state index contributed by atoms with van der Waals surface area (Å²) in [7, 11) is 0. The van der Waals surface area contributed by atoms with Crippen LogP contribution in [0, 0.1) is 20.3 Å². The van der Waals surface area contributed by atoms with E-state index in [1.165, 1.54) is 0 Å². The maximum absolute atomic E-state index is 13.0. The average molecular weight is 411 g/mol. The summed E-state index contributed by atoms with van der Waals surface area (Å²) in [5, 5.41) is 2.54. The van der Waals surface area contributed by atoms with Gasteiger partial charge in [-0.05, 0) is 53.3 Å². The molecule has 0 aliphatic rings. The van der Waals surface area contributed by atoms with Crippen molar-refractivity contribution >= 4 is 39.8 Å². The maximum Gasteiger partial charge on any atom is 0.251 e. The van der Waals surface area contributed by atoms with Crippen molar-refractivity contribution in [2.24, 2.45) is 0 Å². The van der Waals surface area contributed by atoms with Gasteiger partial charge in [-0.1, -0.05) is 0 Å². The van der Waals surface area contributed by atoms with Crippen LogP contribution >= 0.6 is 33.9 Å². The lowest BCUT2D eigenvalue weighted by Crippen LogP contribution is -2.25. The maximum atomic E-state index is 13.0. The van der Waals surface area contributed by atoms with Crippen molar-refractivity contribution in [1.29, 1.82) is 0 Å². The summed E-state index contributed by atoms with van der Waals surface area (Å²) in [5.41, 5.74) is -0.234. The number of carbonyl (C=O) groups excluding carboxylic acids is 1. The van der Waals surface area contributed by atoms with Gasteiger partial charge in [0.15, 0.2) is 17.5 Å². The summed E-state index contributed by atoms with van der Waals surface area (Å²) < 4.78 is 39.9. The van der Waals surface area contributed by atoms with Crippen LogP contribution in [0.15, 0.2) is 24.3 Å². The minimum Gasteiger partial charge on any atom is -0.352 e. The normalized spacial score (nSPS) is 10.6. The largest absolute Gasteiger partial charge is 0.352 e. The van der Waals surface area contributed by atoms with Gasteiger partial charge in [0.05, 0.1) is 2.88 Å². The zero-order chi connectivity index (χ0) is 14.7. The quantitative estimate of drug-likeness (QED) is 0.603. The summed E-state index contributed by atoms with van der Waals surface area (Å²) in [5.74, 6) is -4.95. The molecule has 20 heavy (non-hydrogen) atoms. The van der Waals surface area contributed by atoms with Crippen molar-refractivity contribution in [3.63, 3.8) is 0 Å². The van der Waals surface area contributed by atoms with E-state index in [1.807, 2.05) is 12.1 Å². The van der Waals surface area contributed by atoms with Gasteiger partial charge in [-0.2, -0.15) is 0 Å². The van der Waals surface area contributed by atoms with Gasteiger partial charge in [0.2, 0.25) is 0 Å². The Morgan fingerprint density at radius 2 is 1.85 bits per heavy atom. The molecule has 0 radical (unpaired) electrons. The Balaban J connectivity index is 1.95. The molecule has 106 valence electrons. The second-order valence-electron chi connectivity index (χ2n) is 3.97. The molecule has 7 heteroatoms. The molecule has 0 unspecified atom stereocenters. The highest BCUT2D eigenvalue weighted by Gasteiger charge is 2.14. The highest BCUT2D eigenvalue weighted by atomic mass is 127. The lowest BCUT2D eigenvalue weighted by atomic mass is 10.2. The van der Waals surface area contributed by atoms with Crippen LogP contribution in [0.1, 0.15) is 15.2 Å². The van der Waals surface area contributed by atoms with Gasteiger partial charge in [-0.25, -0.2) is 13.2 Å². The van der Waals surface area contributed by atoms with Crippen LogP contribution in [0.3, 0.4) is 0 Å². The van der Waals surface area contributed by atoms with Crippen LogP contribution in [-0.4, -0.2) is 12.5 Å². The number of benzene rings is 1. The number of nitrogens with one attached hydrogen (secondary N) is 1. The number of hydrogen-bond donors (Lipinski definition) is 1. The number of halogens is 4. The van der Waals surface area contributed by atoms with Crippen molar-refractivity contribution in [3.05, 3.63) is 55.0 Å². The third-order valence-corrected chi connectivity index (χ3v) is 4.49. The first-order valence-corrected chi connectivity index (χ1v) is 7.54. The number of rotatable bonds is 4. The van der Waals surface area contributed by atoms with E-state index in [1.54, 1.807) is 11.3 Å². The van der Waals surface area contributed by atoms with Crippen LogP contribution in [0.4, 0.5) is 13.2 Å². The zero-order valence-corrected chi connectivity index (χ0v) is 13.0. The minimum atomic E-state index is -1.57. The number of amides is 1. The Kier molecular flexibility index (Phi) is 5.03. The Labute approximate surface area is 131 Å². The molecule has 0 spiro atoms. The van der Waals surface area contributed by atoms with Gasteiger partial charge in [0.1, 0.15) is 0 Å². The summed E-state index contributed by atoms with van der Waals surface area (Å²) in [6.45, 7) is 0.343. The molecular formula is C13H9F3INOS. The van der Waals surface area contributed by atoms with E-state index in [9.17, 15) is 18.0 Å². The fraction of sp³-hybridized carbons (Fsp3) is 0.154. The molecular weight excluding hydrogens is 402 g/mol. The lowest BCUT2D eigenvalue weighted by molar-refractivity contribution is 0.0953. The van der Waals surface area contributed by atoms with Gasteiger partial charge in [-0.3, -0.25) is 4.79 Å². The van der Waals surface area contributed by atoms with E-state index in [-0.39, 0.29) is 5.56 Å². The monoisotopic (exact) mass is 411 g/mol. The van der Waals surface area contributed by atoms with Gasteiger partial charge >= 0.3 is 0 Å². The summed E-state index contributed by atoms with van der Waals surface area (Å²) in [4.78, 5) is 12.8. The van der Waals surface area contributed by atoms with Gasteiger partial charge in [0, 0.05) is 17.0 Å². The molecule has 0 fully saturated rings. The first kappa shape index (κ1) is 15.3. The van der Waals surface area contributed by atoms with E-state index < -0.39 is 23.4 Å². The molecule has 2 aromatic rings. The molecule has 1 heterocycles. The van der Waals surface area contributed by atoms with Crippen molar-refractivity contribution in [3.8, 4) is 0 Å². The van der Waals surface area contributed by atoms with E-state index in [2.05, 4.69) is 27.9 Å². The number of hydrogen-bond acceptors (Lipinski definition) is 2. The second kappa shape index (κ2) is 6.57. The predicted octanol–water partition coefficient (Wildman–Crippen LogP) is 3.74. The van der Waals surface area contributed by atoms with E-state index >= 15 is 0 Å². The topological polar surface area (TPSA) is 29.1 Å². The number of carbonyl (C=O) groups is 1. The Morgan fingerprint density at radius 1 is 1.20 bits per heavy atom.